The molecule has 0 radical (unpaired) electrons. The highest BCUT2D eigenvalue weighted by Gasteiger charge is 2.15. The van der Waals surface area contributed by atoms with Crippen molar-refractivity contribution in [3.05, 3.63) is 0 Å². The Hall–Kier alpha value is -0.770. The van der Waals surface area contributed by atoms with Crippen molar-refractivity contribution in [3.63, 3.8) is 0 Å². The lowest BCUT2D eigenvalue weighted by Crippen LogP contribution is -2.42. The third-order valence-corrected chi connectivity index (χ3v) is 2.39. The van der Waals surface area contributed by atoms with E-state index in [9.17, 15) is 4.79 Å². The zero-order chi connectivity index (χ0) is 10.2. The van der Waals surface area contributed by atoms with Crippen molar-refractivity contribution in [2.75, 3.05) is 19.7 Å². The van der Waals surface area contributed by atoms with Gasteiger partial charge in [-0.1, -0.05) is 13.3 Å². The number of carbonyl (C=O) groups is 1. The number of amides is 1. The Morgan fingerprint density at radius 1 is 1.50 bits per heavy atom. The fraction of sp³-hybridized carbons (Fsp3) is 0.900. The second-order valence-electron chi connectivity index (χ2n) is 3.66. The summed E-state index contributed by atoms with van der Waals surface area (Å²) >= 11 is 0. The summed E-state index contributed by atoms with van der Waals surface area (Å²) < 4.78 is 5.01. The number of unbranched alkanes of at least 4 members (excludes halogenated alkanes) is 1. The first-order chi connectivity index (χ1) is 6.83. The van der Waals surface area contributed by atoms with Gasteiger partial charge < -0.3 is 15.4 Å². The van der Waals surface area contributed by atoms with E-state index < -0.39 is 0 Å². The number of hydrogen-bond acceptors (Lipinski definition) is 3. The third kappa shape index (κ3) is 4.46. The zero-order valence-electron chi connectivity index (χ0n) is 8.84. The molecular weight excluding hydrogens is 180 g/mol. The number of rotatable bonds is 4. The molecule has 1 fully saturated rings. The molecule has 0 aliphatic carbocycles. The second-order valence-corrected chi connectivity index (χ2v) is 3.66. The molecule has 82 valence electrons. The minimum atomic E-state index is -0.259. The highest BCUT2D eigenvalue weighted by molar-refractivity contribution is 5.67. The maximum atomic E-state index is 11.2. The van der Waals surface area contributed by atoms with E-state index in [0.717, 1.165) is 38.8 Å². The first-order valence-electron chi connectivity index (χ1n) is 5.47. The highest BCUT2D eigenvalue weighted by Crippen LogP contribution is 2.02. The van der Waals surface area contributed by atoms with Crippen LogP contribution in [-0.2, 0) is 4.74 Å². The van der Waals surface area contributed by atoms with Crippen LogP contribution in [0.2, 0.25) is 0 Å². The van der Waals surface area contributed by atoms with E-state index in [1.807, 2.05) is 0 Å². The minimum absolute atomic E-state index is 0.259. The Morgan fingerprint density at radius 2 is 2.21 bits per heavy atom. The summed E-state index contributed by atoms with van der Waals surface area (Å²) in [5, 5.41) is 6.12. The van der Waals surface area contributed by atoms with E-state index in [4.69, 9.17) is 4.74 Å². The summed E-state index contributed by atoms with van der Waals surface area (Å²) in [4.78, 5) is 11.2. The van der Waals surface area contributed by atoms with Crippen LogP contribution in [-0.4, -0.2) is 31.8 Å². The normalized spacial score (nSPS) is 17.8. The Labute approximate surface area is 85.4 Å². The van der Waals surface area contributed by atoms with Crippen molar-refractivity contribution < 1.29 is 9.53 Å². The molecule has 0 unspecified atom stereocenters. The van der Waals surface area contributed by atoms with Crippen LogP contribution >= 0.6 is 0 Å². The Bertz CT molecular complexity index is 168. The molecule has 0 bridgehead atoms. The average molecular weight is 200 g/mol. The molecule has 2 N–H and O–H groups in total. The van der Waals surface area contributed by atoms with Crippen molar-refractivity contribution in [1.82, 2.24) is 10.6 Å². The predicted molar refractivity (Wildman–Crippen MR) is 55.3 cm³/mol. The Kier molecular flexibility index (Phi) is 5.37. The summed E-state index contributed by atoms with van der Waals surface area (Å²) in [6.07, 6.45) is 3.75. The van der Waals surface area contributed by atoms with Crippen LogP contribution in [0.1, 0.15) is 32.6 Å². The van der Waals surface area contributed by atoms with Crippen LogP contribution < -0.4 is 10.6 Å². The number of hydrogen-bond donors (Lipinski definition) is 2. The zero-order valence-corrected chi connectivity index (χ0v) is 8.84. The van der Waals surface area contributed by atoms with Crippen molar-refractivity contribution in [2.24, 2.45) is 0 Å². The molecule has 1 heterocycles. The molecule has 0 aromatic carbocycles. The number of piperidine rings is 1. The van der Waals surface area contributed by atoms with E-state index >= 15 is 0 Å². The van der Waals surface area contributed by atoms with E-state index in [1.54, 1.807) is 0 Å². The van der Waals surface area contributed by atoms with Gasteiger partial charge in [-0.15, -0.1) is 0 Å². The minimum Gasteiger partial charge on any atom is -0.450 e. The largest absolute Gasteiger partial charge is 0.450 e. The maximum absolute atomic E-state index is 11.2. The lowest BCUT2D eigenvalue weighted by Gasteiger charge is -2.23. The van der Waals surface area contributed by atoms with Crippen molar-refractivity contribution >= 4 is 6.09 Å². The SMILES string of the molecule is CCCCOC(=O)NC1CCNCC1. The van der Waals surface area contributed by atoms with Gasteiger partial charge in [0.05, 0.1) is 6.61 Å². The lowest BCUT2D eigenvalue weighted by atomic mass is 10.1. The van der Waals surface area contributed by atoms with Gasteiger partial charge in [-0.2, -0.15) is 0 Å². The fourth-order valence-electron chi connectivity index (χ4n) is 1.48. The van der Waals surface area contributed by atoms with Gasteiger partial charge in [-0.25, -0.2) is 4.79 Å². The number of ether oxygens (including phenoxy) is 1. The summed E-state index contributed by atoms with van der Waals surface area (Å²) in [5.74, 6) is 0. The number of alkyl carbamates (subject to hydrolysis) is 1. The van der Waals surface area contributed by atoms with E-state index in [1.165, 1.54) is 0 Å². The lowest BCUT2D eigenvalue weighted by molar-refractivity contribution is 0.138. The molecule has 4 heteroatoms. The first-order valence-corrected chi connectivity index (χ1v) is 5.47. The first kappa shape index (κ1) is 11.3. The highest BCUT2D eigenvalue weighted by atomic mass is 16.5. The van der Waals surface area contributed by atoms with Gasteiger partial charge in [0.2, 0.25) is 0 Å². The summed E-state index contributed by atoms with van der Waals surface area (Å²) in [7, 11) is 0. The van der Waals surface area contributed by atoms with Crippen molar-refractivity contribution in [3.8, 4) is 0 Å². The maximum Gasteiger partial charge on any atom is 0.407 e. The van der Waals surface area contributed by atoms with Gasteiger partial charge >= 0.3 is 6.09 Å². The summed E-state index contributed by atoms with van der Waals surface area (Å²) in [5.41, 5.74) is 0. The molecule has 0 saturated carbocycles. The molecular formula is C10H20N2O2. The van der Waals surface area contributed by atoms with Gasteiger partial charge in [0.1, 0.15) is 0 Å². The predicted octanol–water partition coefficient (Wildman–Crippen LogP) is 1.26. The van der Waals surface area contributed by atoms with E-state index in [-0.39, 0.29) is 6.09 Å². The van der Waals surface area contributed by atoms with Gasteiger partial charge in [0.25, 0.3) is 0 Å². The molecule has 0 spiro atoms. The van der Waals surface area contributed by atoms with Gasteiger partial charge in [0.15, 0.2) is 0 Å². The van der Waals surface area contributed by atoms with Crippen LogP contribution in [0.3, 0.4) is 0 Å². The van der Waals surface area contributed by atoms with Crippen LogP contribution in [0, 0.1) is 0 Å². The van der Waals surface area contributed by atoms with Gasteiger partial charge in [-0.05, 0) is 32.4 Å². The quantitative estimate of drug-likeness (QED) is 0.672. The average Bonchev–Trinajstić information content (AvgIpc) is 2.20. The van der Waals surface area contributed by atoms with Crippen LogP contribution in [0.15, 0.2) is 0 Å². The molecule has 0 aromatic heterocycles. The third-order valence-electron chi connectivity index (χ3n) is 2.39. The molecule has 14 heavy (non-hydrogen) atoms. The number of nitrogens with one attached hydrogen (secondary N) is 2. The van der Waals surface area contributed by atoms with E-state index in [0.29, 0.717) is 12.6 Å². The summed E-state index contributed by atoms with van der Waals surface area (Å²) in [6, 6.07) is 0.297. The second kappa shape index (κ2) is 6.65. The molecule has 1 rings (SSSR count). The van der Waals surface area contributed by atoms with Crippen LogP contribution in [0.4, 0.5) is 4.79 Å². The van der Waals surface area contributed by atoms with Crippen LogP contribution in [0.25, 0.3) is 0 Å². The number of carbonyl (C=O) groups excluding carboxylic acids is 1. The molecule has 0 atom stereocenters. The molecule has 1 amide bonds. The summed E-state index contributed by atoms with van der Waals surface area (Å²) in [6.45, 7) is 4.58. The van der Waals surface area contributed by atoms with Crippen molar-refractivity contribution in [1.29, 1.82) is 0 Å². The molecule has 1 aliphatic rings. The van der Waals surface area contributed by atoms with Crippen LogP contribution in [0.5, 0.6) is 0 Å². The van der Waals surface area contributed by atoms with Crippen molar-refractivity contribution in [2.45, 2.75) is 38.6 Å². The fourth-order valence-corrected chi connectivity index (χ4v) is 1.48. The molecule has 1 saturated heterocycles. The van der Waals surface area contributed by atoms with Gasteiger partial charge in [0, 0.05) is 6.04 Å². The van der Waals surface area contributed by atoms with E-state index in [2.05, 4.69) is 17.6 Å². The Balaban J connectivity index is 2.06. The topological polar surface area (TPSA) is 50.4 Å². The molecule has 0 aromatic rings. The smallest absolute Gasteiger partial charge is 0.407 e. The Morgan fingerprint density at radius 3 is 2.86 bits per heavy atom. The monoisotopic (exact) mass is 200 g/mol. The van der Waals surface area contributed by atoms with Gasteiger partial charge in [-0.3, -0.25) is 0 Å². The standard InChI is InChI=1S/C10H20N2O2/c1-2-3-8-14-10(13)12-9-4-6-11-7-5-9/h9,11H,2-8H2,1H3,(H,12,13). The molecule has 4 nitrogen and oxygen atoms in total. The molecule has 1 aliphatic heterocycles.